The molecule has 0 radical (unpaired) electrons. The van der Waals surface area contributed by atoms with Crippen molar-refractivity contribution in [3.05, 3.63) is 47.4 Å². The van der Waals surface area contributed by atoms with Gasteiger partial charge in [0.25, 0.3) is 5.91 Å². The molecule has 0 bridgehead atoms. The van der Waals surface area contributed by atoms with Gasteiger partial charge in [-0.3, -0.25) is 4.79 Å². The number of nitrogens with zero attached hydrogens (tertiary/aromatic N) is 6. The first-order valence-corrected chi connectivity index (χ1v) is 11.5. The molecule has 11 heteroatoms. The lowest BCUT2D eigenvalue weighted by molar-refractivity contribution is 0.0529. The van der Waals surface area contributed by atoms with Crippen LogP contribution in [0.1, 0.15) is 72.4 Å². The first kappa shape index (κ1) is 19.8. The highest BCUT2D eigenvalue weighted by atomic mass is 19.1. The molecule has 3 fully saturated rings. The Hall–Kier alpha value is -3.63. The van der Waals surface area contributed by atoms with Gasteiger partial charge in [-0.1, -0.05) is 0 Å². The van der Waals surface area contributed by atoms with Gasteiger partial charge < -0.3 is 15.1 Å². The standard InChI is InChI=1S/C23H21F2N7O2/c24-13-7-14-16(15(25)8-13)28-22(26)32-20(14)29-19(30-32)12-3-4-23(5-6-23)31(9-12)21(33)17-18(11-1-2-11)34-10-27-17/h7-8,10-12H,1-6,9H2,(H2,26,28)/t12-/m1/s1. The highest BCUT2D eigenvalue weighted by Crippen LogP contribution is 2.52. The van der Waals surface area contributed by atoms with Crippen LogP contribution < -0.4 is 5.73 Å². The molecule has 1 spiro atoms. The Kier molecular flexibility index (Phi) is 3.91. The second kappa shape index (κ2) is 6.71. The minimum absolute atomic E-state index is 0.0363. The Morgan fingerprint density at radius 2 is 1.94 bits per heavy atom. The highest BCUT2D eigenvalue weighted by molar-refractivity contribution is 5.94. The van der Waals surface area contributed by atoms with Gasteiger partial charge in [-0.15, -0.1) is 5.10 Å². The molecule has 1 aliphatic heterocycles. The molecule has 0 unspecified atom stereocenters. The van der Waals surface area contributed by atoms with Gasteiger partial charge in [0.1, 0.15) is 17.1 Å². The summed E-state index contributed by atoms with van der Waals surface area (Å²) in [6, 6.07) is 1.95. The molecule has 1 amide bonds. The van der Waals surface area contributed by atoms with Crippen LogP contribution in [0, 0.1) is 11.6 Å². The second-order valence-electron chi connectivity index (χ2n) is 9.67. The van der Waals surface area contributed by atoms with Gasteiger partial charge in [0.15, 0.2) is 29.4 Å². The zero-order valence-electron chi connectivity index (χ0n) is 18.2. The lowest BCUT2D eigenvalue weighted by Gasteiger charge is -2.39. The molecule has 3 aliphatic rings. The van der Waals surface area contributed by atoms with Crippen molar-refractivity contribution in [2.24, 2.45) is 0 Å². The van der Waals surface area contributed by atoms with E-state index in [-0.39, 0.29) is 45.8 Å². The fourth-order valence-electron chi connectivity index (χ4n) is 5.28. The Morgan fingerprint density at radius 3 is 2.71 bits per heavy atom. The number of nitrogen functional groups attached to an aromatic ring is 1. The number of benzene rings is 1. The summed E-state index contributed by atoms with van der Waals surface area (Å²) in [6.45, 7) is 0.431. The summed E-state index contributed by atoms with van der Waals surface area (Å²) in [5.74, 6) is -0.404. The van der Waals surface area contributed by atoms with Crippen molar-refractivity contribution in [1.29, 1.82) is 0 Å². The average molecular weight is 465 g/mol. The van der Waals surface area contributed by atoms with Gasteiger partial charge in [-0.25, -0.2) is 23.7 Å². The molecule has 2 saturated carbocycles. The van der Waals surface area contributed by atoms with Crippen molar-refractivity contribution in [3.63, 3.8) is 0 Å². The van der Waals surface area contributed by atoms with E-state index < -0.39 is 11.6 Å². The average Bonchev–Trinajstić information content (AvgIpc) is 3.71. The minimum atomic E-state index is -0.807. The van der Waals surface area contributed by atoms with Crippen LogP contribution in [0.3, 0.4) is 0 Å². The lowest BCUT2D eigenvalue weighted by atomic mass is 9.90. The van der Waals surface area contributed by atoms with Crippen molar-refractivity contribution >= 4 is 28.4 Å². The summed E-state index contributed by atoms with van der Waals surface area (Å²) in [5, 5.41) is 4.73. The maximum absolute atomic E-state index is 14.3. The number of aromatic nitrogens is 5. The third kappa shape index (κ3) is 2.85. The van der Waals surface area contributed by atoms with Crippen molar-refractivity contribution in [2.75, 3.05) is 12.3 Å². The van der Waals surface area contributed by atoms with E-state index in [0.717, 1.165) is 44.6 Å². The summed E-state index contributed by atoms with van der Waals surface area (Å²) >= 11 is 0. The Morgan fingerprint density at radius 1 is 1.12 bits per heavy atom. The number of likely N-dealkylation sites (tertiary alicyclic amines) is 1. The van der Waals surface area contributed by atoms with Gasteiger partial charge in [0, 0.05) is 30.0 Å². The van der Waals surface area contributed by atoms with Gasteiger partial charge in [-0.05, 0) is 44.6 Å². The smallest absolute Gasteiger partial charge is 0.276 e. The number of carbonyl (C=O) groups excluding carboxylic acids is 1. The van der Waals surface area contributed by atoms with E-state index in [1.807, 2.05) is 4.90 Å². The molecule has 174 valence electrons. The van der Waals surface area contributed by atoms with Gasteiger partial charge >= 0.3 is 0 Å². The number of oxazole rings is 1. The molecule has 4 heterocycles. The Bertz CT molecular complexity index is 1490. The van der Waals surface area contributed by atoms with Gasteiger partial charge in [0.05, 0.1) is 5.39 Å². The van der Waals surface area contributed by atoms with E-state index in [2.05, 4.69) is 20.1 Å². The number of hydrogen-bond donors (Lipinski definition) is 1. The van der Waals surface area contributed by atoms with Crippen molar-refractivity contribution in [1.82, 2.24) is 29.5 Å². The van der Waals surface area contributed by atoms with Crippen LogP contribution in [-0.2, 0) is 0 Å². The van der Waals surface area contributed by atoms with E-state index in [1.165, 1.54) is 17.0 Å². The fraction of sp³-hybridized carbons (Fsp3) is 0.435. The molecule has 4 aromatic rings. The highest BCUT2D eigenvalue weighted by Gasteiger charge is 2.54. The van der Waals surface area contributed by atoms with Crippen LogP contribution in [0.4, 0.5) is 14.7 Å². The summed E-state index contributed by atoms with van der Waals surface area (Å²) in [4.78, 5) is 28.4. The number of hydrogen-bond acceptors (Lipinski definition) is 7. The molecule has 1 aromatic carbocycles. The number of anilines is 1. The number of rotatable bonds is 3. The number of fused-ring (bicyclic) bond motifs is 3. The molecular weight excluding hydrogens is 444 g/mol. The quantitative estimate of drug-likeness (QED) is 0.492. The van der Waals surface area contributed by atoms with Crippen molar-refractivity contribution in [2.45, 2.75) is 55.9 Å². The van der Waals surface area contributed by atoms with Crippen LogP contribution >= 0.6 is 0 Å². The first-order chi connectivity index (χ1) is 16.4. The third-order valence-corrected chi connectivity index (χ3v) is 7.45. The normalized spacial score (nSPS) is 21.6. The Balaban J connectivity index is 1.27. The molecule has 1 atom stereocenters. The zero-order valence-corrected chi connectivity index (χ0v) is 18.2. The fourth-order valence-corrected chi connectivity index (χ4v) is 5.28. The van der Waals surface area contributed by atoms with Gasteiger partial charge in [-0.2, -0.15) is 4.52 Å². The summed E-state index contributed by atoms with van der Waals surface area (Å²) in [6.07, 6.45) is 6.92. The Labute approximate surface area is 192 Å². The largest absolute Gasteiger partial charge is 0.447 e. The maximum atomic E-state index is 14.3. The van der Waals surface area contributed by atoms with Crippen molar-refractivity contribution in [3.8, 4) is 0 Å². The number of halogens is 2. The van der Waals surface area contributed by atoms with Crippen LogP contribution in [0.2, 0.25) is 0 Å². The van der Waals surface area contributed by atoms with E-state index in [0.29, 0.717) is 23.8 Å². The number of nitrogens with two attached hydrogens (primary N) is 1. The van der Waals surface area contributed by atoms with Crippen LogP contribution in [0.15, 0.2) is 22.9 Å². The second-order valence-corrected chi connectivity index (χ2v) is 9.67. The minimum Gasteiger partial charge on any atom is -0.447 e. The van der Waals surface area contributed by atoms with Crippen LogP contribution in [0.25, 0.3) is 16.6 Å². The van der Waals surface area contributed by atoms with Crippen molar-refractivity contribution < 1.29 is 18.0 Å². The summed E-state index contributed by atoms with van der Waals surface area (Å²) < 4.78 is 35.1. The molecule has 1 saturated heterocycles. The third-order valence-electron chi connectivity index (χ3n) is 7.45. The molecule has 2 N–H and O–H groups in total. The van der Waals surface area contributed by atoms with E-state index in [4.69, 9.17) is 10.2 Å². The molecule has 9 nitrogen and oxygen atoms in total. The summed E-state index contributed by atoms with van der Waals surface area (Å²) in [5.41, 5.74) is 6.47. The first-order valence-electron chi connectivity index (χ1n) is 11.5. The monoisotopic (exact) mass is 465 g/mol. The summed E-state index contributed by atoms with van der Waals surface area (Å²) in [7, 11) is 0. The zero-order chi connectivity index (χ0) is 23.2. The molecule has 2 aliphatic carbocycles. The number of piperidine rings is 1. The molecule has 3 aromatic heterocycles. The number of carbonyl (C=O) groups is 1. The predicted octanol–water partition coefficient (Wildman–Crippen LogP) is 3.56. The SMILES string of the molecule is Nc1nc2c(F)cc(F)cc2c2nc([C@@H]3CCC4(CC4)N(C(=O)c4ncoc4C4CC4)C3)nn12. The molecule has 7 rings (SSSR count). The molecular formula is C23H21F2N7O2. The maximum Gasteiger partial charge on any atom is 0.276 e. The van der Waals surface area contributed by atoms with Crippen LogP contribution in [-0.4, -0.2) is 47.5 Å². The lowest BCUT2D eigenvalue weighted by Crippen LogP contribution is -2.48. The van der Waals surface area contributed by atoms with Gasteiger partial charge in [0.2, 0.25) is 5.95 Å². The number of amides is 1. The van der Waals surface area contributed by atoms with Crippen LogP contribution in [0.5, 0.6) is 0 Å². The van der Waals surface area contributed by atoms with E-state index >= 15 is 0 Å². The predicted molar refractivity (Wildman–Crippen MR) is 116 cm³/mol. The molecule has 34 heavy (non-hydrogen) atoms. The topological polar surface area (TPSA) is 115 Å². The van der Waals surface area contributed by atoms with E-state index in [9.17, 15) is 13.6 Å². The van der Waals surface area contributed by atoms with E-state index in [1.54, 1.807) is 0 Å².